The van der Waals surface area contributed by atoms with E-state index in [9.17, 15) is 4.79 Å². The van der Waals surface area contributed by atoms with E-state index in [-0.39, 0.29) is 5.78 Å². The van der Waals surface area contributed by atoms with Gasteiger partial charge in [0.2, 0.25) is 0 Å². The Hall–Kier alpha value is -2.00. The number of ketones is 1. The molecule has 3 rings (SSSR count). The molecular formula is C17H12BrNO. The highest BCUT2D eigenvalue weighted by Gasteiger charge is 2.10. The van der Waals surface area contributed by atoms with E-state index in [0.717, 1.165) is 26.4 Å². The smallest absolute Gasteiger partial charge is 0.167 e. The van der Waals surface area contributed by atoms with E-state index in [1.807, 2.05) is 48.5 Å². The first-order chi connectivity index (χ1) is 9.74. The van der Waals surface area contributed by atoms with Crippen LogP contribution < -0.4 is 0 Å². The van der Waals surface area contributed by atoms with Crippen LogP contribution in [0.2, 0.25) is 0 Å². The number of benzene rings is 2. The Morgan fingerprint density at radius 1 is 1.10 bits per heavy atom. The molecule has 0 aliphatic heterocycles. The Balaban J connectivity index is 1.97. The van der Waals surface area contributed by atoms with E-state index < -0.39 is 0 Å². The van der Waals surface area contributed by atoms with E-state index in [4.69, 9.17) is 0 Å². The number of hydrogen-bond donors (Lipinski definition) is 0. The predicted molar refractivity (Wildman–Crippen MR) is 83.9 cm³/mol. The number of pyridine rings is 1. The molecule has 2 aromatic carbocycles. The average Bonchev–Trinajstić information content (AvgIpc) is 2.46. The van der Waals surface area contributed by atoms with Crippen LogP contribution in [0.5, 0.6) is 0 Å². The highest BCUT2D eigenvalue weighted by Crippen LogP contribution is 2.20. The minimum Gasteiger partial charge on any atom is -0.294 e. The number of nitrogens with zero attached hydrogens (tertiary/aromatic N) is 1. The number of halogens is 1. The van der Waals surface area contributed by atoms with Gasteiger partial charge in [-0.25, -0.2) is 0 Å². The summed E-state index contributed by atoms with van der Waals surface area (Å²) in [4.78, 5) is 16.6. The van der Waals surface area contributed by atoms with E-state index in [0.29, 0.717) is 6.42 Å². The van der Waals surface area contributed by atoms with Gasteiger partial charge in [0.05, 0.1) is 0 Å². The monoisotopic (exact) mass is 325 g/mol. The van der Waals surface area contributed by atoms with Crippen molar-refractivity contribution < 1.29 is 4.79 Å². The lowest BCUT2D eigenvalue weighted by atomic mass is 9.98. The topological polar surface area (TPSA) is 30.0 Å². The minimum atomic E-state index is 0.125. The van der Waals surface area contributed by atoms with Crippen molar-refractivity contribution in [1.29, 1.82) is 0 Å². The zero-order chi connectivity index (χ0) is 13.9. The Labute approximate surface area is 125 Å². The standard InChI is InChI=1S/C17H12BrNO/c18-14-5-1-3-12(9-14)10-17(20)16-6-2-4-13-11-19-8-7-15(13)16/h1-9,11H,10H2. The second-order valence-electron chi connectivity index (χ2n) is 4.63. The molecule has 0 fully saturated rings. The van der Waals surface area contributed by atoms with Crippen LogP contribution >= 0.6 is 15.9 Å². The molecule has 1 heterocycles. The number of carbonyl (C=O) groups is 1. The van der Waals surface area contributed by atoms with E-state index in [2.05, 4.69) is 20.9 Å². The fourth-order valence-corrected chi connectivity index (χ4v) is 2.74. The summed E-state index contributed by atoms with van der Waals surface area (Å²) in [6.45, 7) is 0. The fourth-order valence-electron chi connectivity index (χ4n) is 2.29. The third-order valence-electron chi connectivity index (χ3n) is 3.23. The van der Waals surface area contributed by atoms with Gasteiger partial charge < -0.3 is 0 Å². The lowest BCUT2D eigenvalue weighted by Gasteiger charge is -2.06. The largest absolute Gasteiger partial charge is 0.294 e. The van der Waals surface area contributed by atoms with Gasteiger partial charge in [-0.1, -0.05) is 46.3 Å². The van der Waals surface area contributed by atoms with Gasteiger partial charge in [0.25, 0.3) is 0 Å². The van der Waals surface area contributed by atoms with Crippen LogP contribution in [-0.4, -0.2) is 10.8 Å². The summed E-state index contributed by atoms with van der Waals surface area (Å²) < 4.78 is 0.991. The molecule has 0 radical (unpaired) electrons. The number of hydrogen-bond acceptors (Lipinski definition) is 2. The SMILES string of the molecule is O=C(Cc1cccc(Br)c1)c1cccc2cnccc12. The summed E-state index contributed by atoms with van der Waals surface area (Å²) in [5.41, 5.74) is 1.76. The van der Waals surface area contributed by atoms with Crippen LogP contribution in [0.3, 0.4) is 0 Å². The average molecular weight is 326 g/mol. The quantitative estimate of drug-likeness (QED) is 0.667. The van der Waals surface area contributed by atoms with Gasteiger partial charge in [0.15, 0.2) is 5.78 Å². The molecule has 0 bridgehead atoms. The van der Waals surface area contributed by atoms with Gasteiger partial charge in [-0.2, -0.15) is 0 Å². The van der Waals surface area contributed by atoms with Crippen LogP contribution in [0.4, 0.5) is 0 Å². The lowest BCUT2D eigenvalue weighted by Crippen LogP contribution is -2.04. The number of aromatic nitrogens is 1. The molecule has 0 aliphatic carbocycles. The van der Waals surface area contributed by atoms with Gasteiger partial charge in [-0.15, -0.1) is 0 Å². The molecule has 0 N–H and O–H groups in total. The predicted octanol–water partition coefficient (Wildman–Crippen LogP) is 4.42. The van der Waals surface area contributed by atoms with Gasteiger partial charge in [0, 0.05) is 34.2 Å². The van der Waals surface area contributed by atoms with Crippen molar-refractivity contribution in [2.75, 3.05) is 0 Å². The Bertz CT molecular complexity index is 777. The highest BCUT2D eigenvalue weighted by molar-refractivity contribution is 9.10. The van der Waals surface area contributed by atoms with Gasteiger partial charge in [-0.3, -0.25) is 9.78 Å². The summed E-state index contributed by atoms with van der Waals surface area (Å²) in [6.07, 6.45) is 3.91. The zero-order valence-corrected chi connectivity index (χ0v) is 12.3. The molecule has 0 amide bonds. The maximum Gasteiger partial charge on any atom is 0.167 e. The summed E-state index contributed by atoms with van der Waals surface area (Å²) >= 11 is 3.43. The molecule has 0 spiro atoms. The second kappa shape index (κ2) is 5.55. The van der Waals surface area contributed by atoms with Crippen molar-refractivity contribution >= 4 is 32.5 Å². The van der Waals surface area contributed by atoms with Crippen molar-refractivity contribution in [3.05, 3.63) is 76.5 Å². The van der Waals surface area contributed by atoms with Crippen molar-refractivity contribution in [2.45, 2.75) is 6.42 Å². The summed E-state index contributed by atoms with van der Waals surface area (Å²) in [5.74, 6) is 0.125. The molecule has 1 aromatic heterocycles. The highest BCUT2D eigenvalue weighted by atomic mass is 79.9. The van der Waals surface area contributed by atoms with Crippen molar-refractivity contribution in [1.82, 2.24) is 4.98 Å². The molecule has 98 valence electrons. The molecule has 3 aromatic rings. The first-order valence-electron chi connectivity index (χ1n) is 6.34. The Morgan fingerprint density at radius 3 is 2.80 bits per heavy atom. The van der Waals surface area contributed by atoms with Gasteiger partial charge in [-0.05, 0) is 29.1 Å². The summed E-state index contributed by atoms with van der Waals surface area (Å²) in [5, 5.41) is 1.95. The number of Topliss-reactive ketones (excluding diaryl/α,β-unsaturated/α-hetero) is 1. The second-order valence-corrected chi connectivity index (χ2v) is 5.55. The van der Waals surface area contributed by atoms with E-state index >= 15 is 0 Å². The fraction of sp³-hybridized carbons (Fsp3) is 0.0588. The van der Waals surface area contributed by atoms with Crippen LogP contribution in [0.1, 0.15) is 15.9 Å². The molecule has 0 atom stereocenters. The van der Waals surface area contributed by atoms with Crippen molar-refractivity contribution in [2.24, 2.45) is 0 Å². The first-order valence-corrected chi connectivity index (χ1v) is 7.14. The zero-order valence-electron chi connectivity index (χ0n) is 10.7. The molecule has 20 heavy (non-hydrogen) atoms. The molecule has 0 unspecified atom stereocenters. The van der Waals surface area contributed by atoms with Gasteiger partial charge in [0.1, 0.15) is 0 Å². The Morgan fingerprint density at radius 2 is 1.95 bits per heavy atom. The maximum atomic E-state index is 12.5. The maximum absolute atomic E-state index is 12.5. The number of carbonyl (C=O) groups excluding carboxylic acids is 1. The minimum absolute atomic E-state index is 0.125. The molecule has 2 nitrogen and oxygen atoms in total. The van der Waals surface area contributed by atoms with E-state index in [1.54, 1.807) is 12.4 Å². The Kier molecular flexibility index (Phi) is 3.61. The third-order valence-corrected chi connectivity index (χ3v) is 3.73. The lowest BCUT2D eigenvalue weighted by molar-refractivity contribution is 0.0994. The molecule has 0 aliphatic rings. The van der Waals surface area contributed by atoms with Crippen LogP contribution in [-0.2, 0) is 6.42 Å². The van der Waals surface area contributed by atoms with Gasteiger partial charge >= 0.3 is 0 Å². The molecule has 3 heteroatoms. The van der Waals surface area contributed by atoms with Crippen LogP contribution in [0, 0.1) is 0 Å². The molecular weight excluding hydrogens is 314 g/mol. The third kappa shape index (κ3) is 2.63. The number of fused-ring (bicyclic) bond motifs is 1. The van der Waals surface area contributed by atoms with Crippen molar-refractivity contribution in [3.8, 4) is 0 Å². The molecule has 0 saturated carbocycles. The molecule has 0 saturated heterocycles. The normalized spacial score (nSPS) is 10.7. The van der Waals surface area contributed by atoms with Crippen molar-refractivity contribution in [3.63, 3.8) is 0 Å². The summed E-state index contributed by atoms with van der Waals surface area (Å²) in [6, 6.07) is 15.5. The summed E-state index contributed by atoms with van der Waals surface area (Å²) in [7, 11) is 0. The van der Waals surface area contributed by atoms with Crippen LogP contribution in [0.15, 0.2) is 65.4 Å². The number of rotatable bonds is 3. The van der Waals surface area contributed by atoms with Crippen LogP contribution in [0.25, 0.3) is 10.8 Å². The first kappa shape index (κ1) is 13.0. The van der Waals surface area contributed by atoms with E-state index in [1.165, 1.54) is 0 Å².